The van der Waals surface area contributed by atoms with Gasteiger partial charge in [-0.05, 0) is 6.92 Å². The summed E-state index contributed by atoms with van der Waals surface area (Å²) in [5.41, 5.74) is 0. The van der Waals surface area contributed by atoms with Crippen LogP contribution in [0.1, 0.15) is 13.3 Å². The summed E-state index contributed by atoms with van der Waals surface area (Å²) >= 11 is 0. The summed E-state index contributed by atoms with van der Waals surface area (Å²) in [4.78, 5) is 0. The fourth-order valence-corrected chi connectivity index (χ4v) is 2.59. The van der Waals surface area contributed by atoms with E-state index >= 15 is 0 Å². The third-order valence-corrected chi connectivity index (χ3v) is 3.44. The average molecular weight is 227 g/mol. The van der Waals surface area contributed by atoms with E-state index in [1.54, 1.807) is 0 Å². The zero-order valence-electron chi connectivity index (χ0n) is 9.54. The Kier molecular flexibility index (Phi) is 3.56. The van der Waals surface area contributed by atoms with Gasteiger partial charge in [-0.2, -0.15) is 0 Å². The number of aliphatic hydroxyl groups is 1. The number of morpholine rings is 1. The highest BCUT2D eigenvalue weighted by atomic mass is 16.6. The standard InChI is InChI=1S/C10H18BNO4/c1-7-5-12(14,2-3-15-7)8-4-10(11)16-6-9(8)13/h7-10,13H,2-6H2,1H3/t7?,8-,9+,10+,12?/m0/s1. The Balaban J connectivity index is 2.08. The van der Waals surface area contributed by atoms with Crippen molar-refractivity contribution in [3.05, 3.63) is 5.21 Å². The van der Waals surface area contributed by atoms with Crippen LogP contribution >= 0.6 is 0 Å². The summed E-state index contributed by atoms with van der Waals surface area (Å²) in [7, 11) is 5.67. The van der Waals surface area contributed by atoms with E-state index in [0.717, 1.165) is 0 Å². The predicted octanol–water partition coefficient (Wildman–Crippen LogP) is -0.636. The number of hydrogen-bond acceptors (Lipinski definition) is 4. The van der Waals surface area contributed by atoms with Crippen molar-refractivity contribution in [3.8, 4) is 0 Å². The molecule has 2 fully saturated rings. The Morgan fingerprint density at radius 3 is 2.88 bits per heavy atom. The van der Waals surface area contributed by atoms with Gasteiger partial charge in [0.05, 0.1) is 13.2 Å². The van der Waals surface area contributed by atoms with E-state index in [-0.39, 0.29) is 18.8 Å². The zero-order valence-corrected chi connectivity index (χ0v) is 9.54. The maximum absolute atomic E-state index is 12.6. The lowest BCUT2D eigenvalue weighted by molar-refractivity contribution is -0.921. The molecule has 2 unspecified atom stereocenters. The second-order valence-corrected chi connectivity index (χ2v) is 4.78. The normalized spacial score (nSPS) is 50.2. The zero-order chi connectivity index (χ0) is 11.8. The largest absolute Gasteiger partial charge is 0.632 e. The van der Waals surface area contributed by atoms with Crippen molar-refractivity contribution < 1.29 is 19.2 Å². The molecule has 2 rings (SSSR count). The van der Waals surface area contributed by atoms with E-state index in [1.165, 1.54) is 0 Å². The van der Waals surface area contributed by atoms with Crippen LogP contribution in [0.15, 0.2) is 0 Å². The fraction of sp³-hybridized carbons (Fsp3) is 1.00. The van der Waals surface area contributed by atoms with Crippen LogP contribution in [0.3, 0.4) is 0 Å². The minimum absolute atomic E-state index is 0.0579. The molecule has 0 aromatic carbocycles. The Hall–Kier alpha value is -0.135. The molecule has 2 saturated heterocycles. The topological polar surface area (TPSA) is 61.8 Å². The van der Waals surface area contributed by atoms with Gasteiger partial charge >= 0.3 is 0 Å². The maximum atomic E-state index is 12.6. The number of hydrogen-bond donors (Lipinski definition) is 1. The van der Waals surface area contributed by atoms with E-state index in [1.807, 2.05) is 6.92 Å². The smallest absolute Gasteiger partial charge is 0.129 e. The molecule has 0 bridgehead atoms. The highest BCUT2D eigenvalue weighted by Crippen LogP contribution is 2.27. The molecule has 0 spiro atoms. The summed E-state index contributed by atoms with van der Waals surface area (Å²) in [6.45, 7) is 3.26. The minimum atomic E-state index is -0.720. The Bertz CT molecular complexity index is 255. The molecular weight excluding hydrogens is 209 g/mol. The lowest BCUT2D eigenvalue weighted by Gasteiger charge is -2.55. The van der Waals surface area contributed by atoms with Gasteiger partial charge in [-0.25, -0.2) is 0 Å². The van der Waals surface area contributed by atoms with Crippen molar-refractivity contribution in [1.29, 1.82) is 0 Å². The van der Waals surface area contributed by atoms with E-state index in [0.29, 0.717) is 26.1 Å². The molecule has 2 heterocycles. The molecule has 5 nitrogen and oxygen atoms in total. The van der Waals surface area contributed by atoms with Crippen molar-refractivity contribution >= 4 is 7.85 Å². The summed E-state index contributed by atoms with van der Waals surface area (Å²) < 4.78 is 10.1. The Morgan fingerprint density at radius 2 is 2.19 bits per heavy atom. The van der Waals surface area contributed by atoms with Crippen LogP contribution in [0, 0.1) is 5.21 Å². The predicted molar refractivity (Wildman–Crippen MR) is 58.7 cm³/mol. The van der Waals surface area contributed by atoms with Crippen molar-refractivity contribution in [2.75, 3.05) is 26.3 Å². The molecule has 2 radical (unpaired) electrons. The first-order valence-electron chi connectivity index (χ1n) is 5.76. The lowest BCUT2D eigenvalue weighted by atomic mass is 9.87. The Morgan fingerprint density at radius 1 is 1.44 bits per heavy atom. The highest BCUT2D eigenvalue weighted by molar-refractivity contribution is 6.11. The summed E-state index contributed by atoms with van der Waals surface area (Å²) in [5.74, 6) is 0. The SMILES string of the molecule is [B][C@H]1C[C@H]([N+]2([O-])CCOC(C)C2)[C@H](O)CO1. The van der Waals surface area contributed by atoms with Gasteiger partial charge in [-0.1, -0.05) is 0 Å². The molecule has 2 aliphatic rings. The van der Waals surface area contributed by atoms with Gasteiger partial charge in [-0.15, -0.1) is 0 Å². The monoisotopic (exact) mass is 227 g/mol. The molecule has 0 aliphatic carbocycles. The van der Waals surface area contributed by atoms with Crippen LogP contribution in [-0.4, -0.2) is 68.2 Å². The van der Waals surface area contributed by atoms with Crippen molar-refractivity contribution in [2.45, 2.75) is 37.6 Å². The van der Waals surface area contributed by atoms with Crippen LogP contribution < -0.4 is 0 Å². The van der Waals surface area contributed by atoms with Crippen molar-refractivity contribution in [1.82, 2.24) is 0 Å². The molecule has 5 atom stereocenters. The van der Waals surface area contributed by atoms with Crippen LogP contribution in [0.2, 0.25) is 0 Å². The number of rotatable bonds is 1. The number of ether oxygens (including phenoxy) is 2. The number of aliphatic hydroxyl groups excluding tert-OH is 1. The van der Waals surface area contributed by atoms with Crippen LogP contribution in [0.5, 0.6) is 0 Å². The van der Waals surface area contributed by atoms with E-state index in [4.69, 9.17) is 17.3 Å². The molecule has 1 N–H and O–H groups in total. The third kappa shape index (κ3) is 2.41. The molecule has 90 valence electrons. The van der Waals surface area contributed by atoms with Gasteiger partial charge in [-0.3, -0.25) is 0 Å². The molecule has 0 saturated carbocycles. The molecule has 0 amide bonds. The van der Waals surface area contributed by atoms with Gasteiger partial charge < -0.3 is 24.4 Å². The van der Waals surface area contributed by atoms with Crippen molar-refractivity contribution in [2.24, 2.45) is 0 Å². The molecule has 16 heavy (non-hydrogen) atoms. The fourth-order valence-electron chi connectivity index (χ4n) is 2.59. The van der Waals surface area contributed by atoms with Crippen LogP contribution in [0.25, 0.3) is 0 Å². The van der Waals surface area contributed by atoms with Gasteiger partial charge in [0.15, 0.2) is 0 Å². The van der Waals surface area contributed by atoms with E-state index < -0.39 is 16.8 Å². The highest BCUT2D eigenvalue weighted by Gasteiger charge is 2.41. The molecule has 2 aliphatic heterocycles. The first-order chi connectivity index (χ1) is 7.51. The van der Waals surface area contributed by atoms with Crippen molar-refractivity contribution in [3.63, 3.8) is 0 Å². The van der Waals surface area contributed by atoms with Gasteiger partial charge in [0, 0.05) is 12.4 Å². The van der Waals surface area contributed by atoms with Crippen LogP contribution in [-0.2, 0) is 9.47 Å². The van der Waals surface area contributed by atoms with Gasteiger partial charge in [0.25, 0.3) is 0 Å². The molecular formula is C10H18BNO4. The quantitative estimate of drug-likeness (QED) is 0.368. The number of hydroxylamine groups is 3. The number of quaternary nitrogens is 1. The summed E-state index contributed by atoms with van der Waals surface area (Å²) in [6.07, 6.45) is -0.364. The van der Waals surface area contributed by atoms with Gasteiger partial charge in [0.2, 0.25) is 0 Å². The minimum Gasteiger partial charge on any atom is -0.632 e. The average Bonchev–Trinajstić information content (AvgIpc) is 2.21. The Labute approximate surface area is 96.9 Å². The second kappa shape index (κ2) is 4.62. The molecule has 6 heteroatoms. The first-order valence-corrected chi connectivity index (χ1v) is 5.76. The molecule has 0 aromatic rings. The summed E-state index contributed by atoms with van der Waals surface area (Å²) in [6, 6.07) is -0.814. The lowest BCUT2D eigenvalue weighted by Crippen LogP contribution is -2.65. The second-order valence-electron chi connectivity index (χ2n) is 4.78. The van der Waals surface area contributed by atoms with E-state index in [9.17, 15) is 10.3 Å². The van der Waals surface area contributed by atoms with Gasteiger partial charge in [0.1, 0.15) is 39.2 Å². The van der Waals surface area contributed by atoms with E-state index in [2.05, 4.69) is 0 Å². The maximum Gasteiger partial charge on any atom is 0.129 e. The summed E-state index contributed by atoms with van der Waals surface area (Å²) in [5, 5.41) is 22.5. The number of nitrogens with zero attached hydrogens (tertiary/aromatic N) is 1. The third-order valence-electron chi connectivity index (χ3n) is 3.44. The molecule has 0 aromatic heterocycles. The first kappa shape index (κ1) is 12.3. The van der Waals surface area contributed by atoms with Crippen LogP contribution in [0.4, 0.5) is 0 Å².